The van der Waals surface area contributed by atoms with Crippen LogP contribution in [-0.4, -0.2) is 22.0 Å². The summed E-state index contributed by atoms with van der Waals surface area (Å²) >= 11 is 1.31. The highest BCUT2D eigenvalue weighted by Crippen LogP contribution is 2.13. The lowest BCUT2D eigenvalue weighted by Gasteiger charge is -2.05. The molecule has 2 N–H and O–H groups in total. The number of hydrogen-bond acceptors (Lipinski definition) is 4. The summed E-state index contributed by atoms with van der Waals surface area (Å²) < 4.78 is 0. The molecule has 0 spiro atoms. The molecule has 1 aromatic heterocycles. The maximum atomic E-state index is 11.7. The van der Waals surface area contributed by atoms with E-state index in [0.29, 0.717) is 10.7 Å². The van der Waals surface area contributed by atoms with Crippen molar-refractivity contribution in [2.45, 2.75) is 6.42 Å². The second-order valence-electron chi connectivity index (χ2n) is 3.52. The zero-order valence-electron chi connectivity index (χ0n) is 9.29. The summed E-state index contributed by atoms with van der Waals surface area (Å²) in [7, 11) is 0. The minimum Gasteiger partial charge on any atom is -0.478 e. The first-order valence-electron chi connectivity index (χ1n) is 5.17. The molecule has 0 aliphatic carbocycles. The van der Waals surface area contributed by atoms with E-state index in [-0.39, 0.29) is 17.9 Å². The van der Waals surface area contributed by atoms with Crippen LogP contribution in [0.5, 0.6) is 0 Å². The van der Waals surface area contributed by atoms with Gasteiger partial charge in [-0.05, 0) is 11.6 Å². The van der Waals surface area contributed by atoms with Gasteiger partial charge in [0.1, 0.15) is 0 Å². The van der Waals surface area contributed by atoms with Gasteiger partial charge in [-0.1, -0.05) is 18.2 Å². The number of carboxylic acid groups (broad SMARTS) is 1. The van der Waals surface area contributed by atoms with E-state index in [2.05, 4.69) is 10.3 Å². The van der Waals surface area contributed by atoms with Crippen LogP contribution >= 0.6 is 11.3 Å². The third-order valence-electron chi connectivity index (χ3n) is 2.28. The van der Waals surface area contributed by atoms with Crippen molar-refractivity contribution >= 4 is 28.3 Å². The number of carboxylic acids is 1. The number of aromatic nitrogens is 1. The van der Waals surface area contributed by atoms with Gasteiger partial charge in [0.15, 0.2) is 5.13 Å². The molecule has 0 saturated heterocycles. The first-order chi connectivity index (χ1) is 8.66. The van der Waals surface area contributed by atoms with Gasteiger partial charge >= 0.3 is 5.97 Å². The SMILES string of the molecule is O=C(Cc1ccccc1C(=O)O)Nc1nccs1. The molecular weight excluding hydrogens is 252 g/mol. The molecule has 2 aromatic rings. The minimum atomic E-state index is -1.03. The first-order valence-corrected chi connectivity index (χ1v) is 6.05. The molecule has 0 aliphatic heterocycles. The molecule has 2 rings (SSSR count). The summed E-state index contributed by atoms with van der Waals surface area (Å²) in [5, 5.41) is 13.9. The van der Waals surface area contributed by atoms with E-state index >= 15 is 0 Å². The topological polar surface area (TPSA) is 79.3 Å². The number of nitrogens with one attached hydrogen (secondary N) is 1. The fourth-order valence-electron chi connectivity index (χ4n) is 1.50. The maximum Gasteiger partial charge on any atom is 0.335 e. The Kier molecular flexibility index (Phi) is 3.69. The summed E-state index contributed by atoms with van der Waals surface area (Å²) in [6, 6.07) is 6.45. The fourth-order valence-corrected chi connectivity index (χ4v) is 2.05. The average Bonchev–Trinajstić information content (AvgIpc) is 2.82. The van der Waals surface area contributed by atoms with Crippen molar-refractivity contribution in [3.63, 3.8) is 0 Å². The first kappa shape index (κ1) is 12.3. The molecule has 1 amide bonds. The van der Waals surface area contributed by atoms with E-state index in [1.54, 1.807) is 29.8 Å². The third-order valence-corrected chi connectivity index (χ3v) is 2.97. The van der Waals surface area contributed by atoms with Crippen LogP contribution < -0.4 is 5.32 Å². The van der Waals surface area contributed by atoms with Crippen molar-refractivity contribution in [2.24, 2.45) is 0 Å². The van der Waals surface area contributed by atoms with Crippen molar-refractivity contribution in [1.82, 2.24) is 4.98 Å². The number of thiazole rings is 1. The van der Waals surface area contributed by atoms with Crippen molar-refractivity contribution < 1.29 is 14.7 Å². The second kappa shape index (κ2) is 5.42. The quantitative estimate of drug-likeness (QED) is 0.883. The second-order valence-corrected chi connectivity index (χ2v) is 4.42. The highest BCUT2D eigenvalue weighted by molar-refractivity contribution is 7.13. The van der Waals surface area contributed by atoms with Crippen LogP contribution in [0.3, 0.4) is 0 Å². The Hall–Kier alpha value is -2.21. The Morgan fingerprint density at radius 1 is 1.33 bits per heavy atom. The summed E-state index contributed by atoms with van der Waals surface area (Å²) in [6.07, 6.45) is 1.60. The molecule has 0 aliphatic rings. The molecule has 1 aromatic carbocycles. The highest BCUT2D eigenvalue weighted by Gasteiger charge is 2.12. The fraction of sp³-hybridized carbons (Fsp3) is 0.0833. The van der Waals surface area contributed by atoms with E-state index in [0.717, 1.165) is 0 Å². The van der Waals surface area contributed by atoms with Crippen LogP contribution in [-0.2, 0) is 11.2 Å². The summed E-state index contributed by atoms with van der Waals surface area (Å²) in [5.41, 5.74) is 0.630. The predicted molar refractivity (Wildman–Crippen MR) is 67.8 cm³/mol. The molecule has 5 nitrogen and oxygen atoms in total. The Bertz CT molecular complexity index is 566. The normalized spacial score (nSPS) is 10.0. The summed E-state index contributed by atoms with van der Waals surface area (Å²) in [5.74, 6) is -1.31. The van der Waals surface area contributed by atoms with Crippen molar-refractivity contribution in [3.8, 4) is 0 Å². The van der Waals surface area contributed by atoms with Crippen LogP contribution in [0.2, 0.25) is 0 Å². The number of carbonyl (C=O) groups is 2. The number of nitrogens with zero attached hydrogens (tertiary/aromatic N) is 1. The lowest BCUT2D eigenvalue weighted by Crippen LogP contribution is -2.16. The summed E-state index contributed by atoms with van der Waals surface area (Å²) in [4.78, 5) is 26.6. The van der Waals surface area contributed by atoms with Crippen LogP contribution in [0.4, 0.5) is 5.13 Å². The Labute approximate surface area is 107 Å². The van der Waals surface area contributed by atoms with Crippen molar-refractivity contribution in [2.75, 3.05) is 5.32 Å². The Balaban J connectivity index is 2.09. The van der Waals surface area contributed by atoms with E-state index in [9.17, 15) is 9.59 Å². The van der Waals surface area contributed by atoms with E-state index in [1.807, 2.05) is 0 Å². The number of anilines is 1. The van der Waals surface area contributed by atoms with E-state index in [4.69, 9.17) is 5.11 Å². The van der Waals surface area contributed by atoms with Crippen LogP contribution in [0.25, 0.3) is 0 Å². The van der Waals surface area contributed by atoms with Gasteiger partial charge in [-0.2, -0.15) is 0 Å². The number of aromatic carboxylic acids is 1. The standard InChI is InChI=1S/C12H10N2O3S/c15-10(14-12-13-5-6-18-12)7-8-3-1-2-4-9(8)11(16)17/h1-6H,7H2,(H,16,17)(H,13,14,15). The van der Waals surface area contributed by atoms with Crippen LogP contribution in [0, 0.1) is 0 Å². The van der Waals surface area contributed by atoms with E-state index < -0.39 is 5.97 Å². The van der Waals surface area contributed by atoms with Crippen LogP contribution in [0.1, 0.15) is 15.9 Å². The molecule has 6 heteroatoms. The molecule has 0 bridgehead atoms. The highest BCUT2D eigenvalue weighted by atomic mass is 32.1. The van der Waals surface area contributed by atoms with Gasteiger partial charge in [0.25, 0.3) is 0 Å². The molecule has 0 fully saturated rings. The molecule has 0 unspecified atom stereocenters. The molecule has 92 valence electrons. The largest absolute Gasteiger partial charge is 0.478 e. The number of amides is 1. The third kappa shape index (κ3) is 2.92. The minimum absolute atomic E-state index is 0.0159. The molecule has 0 atom stereocenters. The lowest BCUT2D eigenvalue weighted by atomic mass is 10.0. The zero-order chi connectivity index (χ0) is 13.0. The lowest BCUT2D eigenvalue weighted by molar-refractivity contribution is -0.115. The maximum absolute atomic E-state index is 11.7. The predicted octanol–water partition coefficient (Wildman–Crippen LogP) is 2.02. The number of hydrogen-bond donors (Lipinski definition) is 2. The number of carbonyl (C=O) groups excluding carboxylic acids is 1. The molecular formula is C12H10N2O3S. The van der Waals surface area contributed by atoms with Crippen molar-refractivity contribution in [1.29, 1.82) is 0 Å². The average molecular weight is 262 g/mol. The van der Waals surface area contributed by atoms with Gasteiger partial charge in [0, 0.05) is 11.6 Å². The molecule has 0 radical (unpaired) electrons. The Morgan fingerprint density at radius 2 is 2.11 bits per heavy atom. The van der Waals surface area contributed by atoms with Gasteiger partial charge in [0.05, 0.1) is 12.0 Å². The van der Waals surface area contributed by atoms with Gasteiger partial charge < -0.3 is 10.4 Å². The summed E-state index contributed by atoms with van der Waals surface area (Å²) in [6.45, 7) is 0. The van der Waals surface area contributed by atoms with Gasteiger partial charge in [-0.25, -0.2) is 9.78 Å². The van der Waals surface area contributed by atoms with Crippen molar-refractivity contribution in [3.05, 3.63) is 47.0 Å². The smallest absolute Gasteiger partial charge is 0.335 e. The molecule has 0 saturated carbocycles. The Morgan fingerprint density at radius 3 is 2.78 bits per heavy atom. The zero-order valence-corrected chi connectivity index (χ0v) is 10.1. The monoisotopic (exact) mass is 262 g/mol. The number of rotatable bonds is 4. The van der Waals surface area contributed by atoms with Gasteiger partial charge in [0.2, 0.25) is 5.91 Å². The van der Waals surface area contributed by atoms with Gasteiger partial charge in [-0.3, -0.25) is 4.79 Å². The van der Waals surface area contributed by atoms with Gasteiger partial charge in [-0.15, -0.1) is 11.3 Å². The molecule has 1 heterocycles. The van der Waals surface area contributed by atoms with E-state index in [1.165, 1.54) is 17.4 Å². The van der Waals surface area contributed by atoms with Crippen LogP contribution in [0.15, 0.2) is 35.8 Å². The molecule has 18 heavy (non-hydrogen) atoms. The number of benzene rings is 1.